The normalized spacial score (nSPS) is 12.4. The fraction of sp³-hybridized carbons (Fsp3) is 0.250. The molecule has 1 aromatic carbocycles. The SMILES string of the molecule is Cc1cc(-c2nnc3c4ccccc4c(O[C@@H](C)c4ccc(C(=O)NC(C)C)cn4)nn23)no1. The molecule has 0 saturated heterocycles. The molecule has 0 unspecified atom stereocenters. The Balaban J connectivity index is 1.51. The van der Waals surface area contributed by atoms with E-state index < -0.39 is 6.10 Å². The lowest BCUT2D eigenvalue weighted by Crippen LogP contribution is -2.30. The number of nitrogens with zero attached hydrogens (tertiary/aromatic N) is 6. The third kappa shape index (κ3) is 3.94. The third-order valence-corrected chi connectivity index (χ3v) is 5.26. The highest BCUT2D eigenvalue weighted by Gasteiger charge is 2.20. The molecule has 0 bridgehead atoms. The number of hydrogen-bond donors (Lipinski definition) is 1. The second-order valence-corrected chi connectivity index (χ2v) is 8.29. The summed E-state index contributed by atoms with van der Waals surface area (Å²) >= 11 is 0. The molecule has 5 rings (SSSR count). The van der Waals surface area contributed by atoms with Crippen molar-refractivity contribution in [3.63, 3.8) is 0 Å². The monoisotopic (exact) mass is 457 g/mol. The Labute approximate surface area is 195 Å². The summed E-state index contributed by atoms with van der Waals surface area (Å²) in [5.74, 6) is 1.35. The van der Waals surface area contributed by atoms with Gasteiger partial charge in [0.05, 0.1) is 11.3 Å². The minimum Gasteiger partial charge on any atom is -0.467 e. The molecule has 0 aliphatic heterocycles. The van der Waals surface area contributed by atoms with Gasteiger partial charge in [0, 0.05) is 29.1 Å². The van der Waals surface area contributed by atoms with Gasteiger partial charge in [-0.2, -0.15) is 4.52 Å². The second kappa shape index (κ2) is 8.54. The zero-order valence-electron chi connectivity index (χ0n) is 19.2. The van der Waals surface area contributed by atoms with Crippen molar-refractivity contribution in [2.45, 2.75) is 39.8 Å². The molecule has 34 heavy (non-hydrogen) atoms. The van der Waals surface area contributed by atoms with Crippen molar-refractivity contribution in [2.75, 3.05) is 0 Å². The highest BCUT2D eigenvalue weighted by molar-refractivity contribution is 5.97. The Hall–Kier alpha value is -4.34. The molecule has 0 aliphatic rings. The van der Waals surface area contributed by atoms with E-state index in [0.717, 1.165) is 10.8 Å². The number of carbonyl (C=O) groups excluding carboxylic acids is 1. The number of pyridine rings is 1. The minimum absolute atomic E-state index is 0.0485. The van der Waals surface area contributed by atoms with E-state index in [-0.39, 0.29) is 11.9 Å². The molecule has 1 N–H and O–H groups in total. The number of amides is 1. The summed E-state index contributed by atoms with van der Waals surface area (Å²) < 4.78 is 13.1. The summed E-state index contributed by atoms with van der Waals surface area (Å²) in [4.78, 5) is 16.6. The quantitative estimate of drug-likeness (QED) is 0.407. The summed E-state index contributed by atoms with van der Waals surface area (Å²) in [5, 5.41) is 21.8. The van der Waals surface area contributed by atoms with Crippen LogP contribution in [0.15, 0.2) is 53.2 Å². The van der Waals surface area contributed by atoms with Crippen molar-refractivity contribution in [1.29, 1.82) is 0 Å². The van der Waals surface area contributed by atoms with Gasteiger partial charge in [-0.15, -0.1) is 15.3 Å². The number of carbonyl (C=O) groups is 1. The Kier molecular flexibility index (Phi) is 5.40. The maximum atomic E-state index is 12.2. The molecule has 0 radical (unpaired) electrons. The van der Waals surface area contributed by atoms with Crippen molar-refractivity contribution in [3.05, 3.63) is 65.7 Å². The van der Waals surface area contributed by atoms with Crippen LogP contribution in [0.5, 0.6) is 5.88 Å². The molecule has 10 nitrogen and oxygen atoms in total. The third-order valence-electron chi connectivity index (χ3n) is 5.26. The fourth-order valence-corrected chi connectivity index (χ4v) is 3.62. The lowest BCUT2D eigenvalue weighted by Gasteiger charge is -2.16. The molecule has 10 heteroatoms. The van der Waals surface area contributed by atoms with Crippen LogP contribution < -0.4 is 10.1 Å². The maximum absolute atomic E-state index is 12.2. The van der Waals surface area contributed by atoms with Gasteiger partial charge >= 0.3 is 0 Å². The second-order valence-electron chi connectivity index (χ2n) is 8.29. The van der Waals surface area contributed by atoms with E-state index in [1.165, 1.54) is 0 Å². The molecule has 172 valence electrons. The largest absolute Gasteiger partial charge is 0.467 e. The van der Waals surface area contributed by atoms with Gasteiger partial charge in [-0.05, 0) is 45.9 Å². The fourth-order valence-electron chi connectivity index (χ4n) is 3.62. The van der Waals surface area contributed by atoms with Crippen molar-refractivity contribution >= 4 is 22.3 Å². The first kappa shape index (κ1) is 21.5. The van der Waals surface area contributed by atoms with E-state index in [1.807, 2.05) is 52.0 Å². The van der Waals surface area contributed by atoms with Crippen LogP contribution in [0.3, 0.4) is 0 Å². The van der Waals surface area contributed by atoms with Crippen molar-refractivity contribution in [1.82, 2.24) is 35.3 Å². The first-order valence-corrected chi connectivity index (χ1v) is 10.9. The smallest absolute Gasteiger partial charge is 0.253 e. The zero-order valence-corrected chi connectivity index (χ0v) is 19.2. The van der Waals surface area contributed by atoms with Gasteiger partial charge in [-0.25, -0.2) is 0 Å². The van der Waals surface area contributed by atoms with Crippen molar-refractivity contribution in [2.24, 2.45) is 0 Å². The summed E-state index contributed by atoms with van der Waals surface area (Å²) in [6, 6.07) is 13.0. The first-order chi connectivity index (χ1) is 16.4. The number of hydrogen-bond acceptors (Lipinski definition) is 8. The standard InChI is InChI=1S/C24H23N7O3/c1-13(2)26-23(32)16-9-10-19(25-12-16)15(4)33-24-18-8-6-5-7-17(18)21-27-28-22(31(21)29-24)20-11-14(3)34-30-20/h5-13,15H,1-4H3,(H,26,32)/t15-/m0/s1. The molecular weight excluding hydrogens is 434 g/mol. The summed E-state index contributed by atoms with van der Waals surface area (Å²) in [6.07, 6.45) is 1.12. The number of ether oxygens (including phenoxy) is 1. The van der Waals surface area contributed by atoms with E-state index in [9.17, 15) is 4.79 Å². The van der Waals surface area contributed by atoms with Crippen LogP contribution in [0.1, 0.15) is 48.7 Å². The zero-order chi connectivity index (χ0) is 23.8. The van der Waals surface area contributed by atoms with E-state index in [0.29, 0.717) is 40.1 Å². The van der Waals surface area contributed by atoms with Crippen LogP contribution in [-0.4, -0.2) is 41.9 Å². The van der Waals surface area contributed by atoms with Gasteiger partial charge < -0.3 is 14.6 Å². The van der Waals surface area contributed by atoms with Gasteiger partial charge in [-0.3, -0.25) is 9.78 Å². The number of aryl methyl sites for hydroxylation is 1. The van der Waals surface area contributed by atoms with Gasteiger partial charge in [-0.1, -0.05) is 23.4 Å². The predicted molar refractivity (Wildman–Crippen MR) is 124 cm³/mol. The average Bonchev–Trinajstić information content (AvgIpc) is 3.45. The van der Waals surface area contributed by atoms with Crippen LogP contribution in [-0.2, 0) is 0 Å². The topological polar surface area (TPSA) is 120 Å². The Morgan fingerprint density at radius 1 is 1.09 bits per heavy atom. The lowest BCUT2D eigenvalue weighted by molar-refractivity contribution is 0.0942. The maximum Gasteiger partial charge on any atom is 0.253 e. The number of nitrogens with one attached hydrogen (secondary N) is 1. The highest BCUT2D eigenvalue weighted by Crippen LogP contribution is 2.31. The molecule has 1 atom stereocenters. The Bertz CT molecular complexity index is 1490. The van der Waals surface area contributed by atoms with Crippen LogP contribution >= 0.6 is 0 Å². The van der Waals surface area contributed by atoms with Crippen LogP contribution in [0.4, 0.5) is 0 Å². The van der Waals surface area contributed by atoms with Gasteiger partial charge in [0.1, 0.15) is 11.9 Å². The number of aromatic nitrogens is 6. The number of rotatable bonds is 6. The summed E-state index contributed by atoms with van der Waals surface area (Å²) in [5.41, 5.74) is 2.28. The number of benzene rings is 1. The molecule has 1 amide bonds. The molecule has 0 fully saturated rings. The van der Waals surface area contributed by atoms with Crippen molar-refractivity contribution < 1.29 is 14.1 Å². The van der Waals surface area contributed by atoms with E-state index in [4.69, 9.17) is 9.26 Å². The van der Waals surface area contributed by atoms with Gasteiger partial charge in [0.25, 0.3) is 5.91 Å². The van der Waals surface area contributed by atoms with E-state index in [1.54, 1.807) is 28.9 Å². The molecule has 4 heterocycles. The van der Waals surface area contributed by atoms with Crippen LogP contribution in [0.25, 0.3) is 27.9 Å². The molecule has 0 saturated carbocycles. The molecule has 5 aromatic rings. The summed E-state index contributed by atoms with van der Waals surface area (Å²) in [6.45, 7) is 7.51. The lowest BCUT2D eigenvalue weighted by atomic mass is 10.1. The van der Waals surface area contributed by atoms with Crippen molar-refractivity contribution in [3.8, 4) is 17.4 Å². The first-order valence-electron chi connectivity index (χ1n) is 10.9. The van der Waals surface area contributed by atoms with Crippen LogP contribution in [0, 0.1) is 6.92 Å². The Morgan fingerprint density at radius 2 is 1.88 bits per heavy atom. The molecule has 0 spiro atoms. The predicted octanol–water partition coefficient (Wildman–Crippen LogP) is 3.91. The van der Waals surface area contributed by atoms with Crippen LogP contribution in [0.2, 0.25) is 0 Å². The van der Waals surface area contributed by atoms with E-state index >= 15 is 0 Å². The Morgan fingerprint density at radius 3 is 2.56 bits per heavy atom. The molecule has 4 aromatic heterocycles. The van der Waals surface area contributed by atoms with Gasteiger partial charge in [0.15, 0.2) is 11.3 Å². The number of fused-ring (bicyclic) bond motifs is 3. The molecule has 0 aliphatic carbocycles. The van der Waals surface area contributed by atoms with Gasteiger partial charge in [0.2, 0.25) is 11.7 Å². The summed E-state index contributed by atoms with van der Waals surface area (Å²) in [7, 11) is 0. The molecular formula is C24H23N7O3. The van der Waals surface area contributed by atoms with E-state index in [2.05, 4.69) is 30.8 Å². The minimum atomic E-state index is -0.426. The highest BCUT2D eigenvalue weighted by atomic mass is 16.5. The average molecular weight is 457 g/mol.